The maximum atomic E-state index is 9.20. The van der Waals surface area contributed by atoms with Crippen molar-refractivity contribution in [3.63, 3.8) is 0 Å². The molecular weight excluding hydrogens is 314 g/mol. The smallest absolute Gasteiger partial charge is 0.164 e. The van der Waals surface area contributed by atoms with Gasteiger partial charge in [-0.15, -0.1) is 33.1 Å². The van der Waals surface area contributed by atoms with Crippen molar-refractivity contribution < 1.29 is 5.11 Å². The van der Waals surface area contributed by atoms with Crippen molar-refractivity contribution in [1.82, 2.24) is 14.8 Å². The maximum absolute atomic E-state index is 9.20. The zero-order valence-corrected chi connectivity index (χ0v) is 11.6. The van der Waals surface area contributed by atoms with Crippen LogP contribution in [0.2, 0.25) is 0 Å². The number of aliphatic hydroxyl groups excluding tert-OH is 1. The molecule has 1 N–H and O–H groups in total. The minimum absolute atomic E-state index is 0.141. The number of alkyl halides is 1. The van der Waals surface area contributed by atoms with Crippen LogP contribution in [-0.4, -0.2) is 19.9 Å². The summed E-state index contributed by atoms with van der Waals surface area (Å²) in [6, 6.07) is 0. The Labute approximate surface area is 110 Å². The second-order valence-electron chi connectivity index (χ2n) is 3.16. The Morgan fingerprint density at radius 3 is 2.94 bits per heavy atom. The predicted octanol–water partition coefficient (Wildman–Crippen LogP) is 2.63. The van der Waals surface area contributed by atoms with Gasteiger partial charge < -0.3 is 5.11 Å². The van der Waals surface area contributed by atoms with E-state index in [4.69, 9.17) is 11.6 Å². The van der Waals surface area contributed by atoms with Gasteiger partial charge in [-0.3, -0.25) is 4.57 Å². The molecule has 0 unspecified atom stereocenters. The van der Waals surface area contributed by atoms with Gasteiger partial charge in [0.15, 0.2) is 5.82 Å². The van der Waals surface area contributed by atoms with Crippen LogP contribution in [0.25, 0.3) is 5.00 Å². The second kappa shape index (κ2) is 4.83. The molecule has 0 aromatic carbocycles. The molecule has 0 fully saturated rings. The molecule has 0 saturated heterocycles. The summed E-state index contributed by atoms with van der Waals surface area (Å²) >= 11 is 10.9. The van der Waals surface area contributed by atoms with Crippen molar-refractivity contribution >= 4 is 38.9 Å². The molecule has 0 aliphatic carbocycles. The fourth-order valence-electron chi connectivity index (χ4n) is 1.43. The summed E-state index contributed by atoms with van der Waals surface area (Å²) in [5, 5.41) is 20.0. The highest BCUT2D eigenvalue weighted by Gasteiger charge is 2.16. The molecule has 2 aromatic heterocycles. The highest BCUT2D eigenvalue weighted by molar-refractivity contribution is 9.10. The Hall–Kier alpha value is -0.430. The Kier molecular flexibility index (Phi) is 3.63. The molecule has 0 saturated carbocycles. The minimum atomic E-state index is -0.141. The number of hydrogen-bond acceptors (Lipinski definition) is 4. The lowest BCUT2D eigenvalue weighted by Gasteiger charge is -2.06. The Bertz CT molecular complexity index is 511. The Balaban J connectivity index is 2.61. The number of hydrogen-bond donors (Lipinski definition) is 1. The van der Waals surface area contributed by atoms with Crippen LogP contribution in [0, 0.1) is 6.92 Å². The summed E-state index contributed by atoms with van der Waals surface area (Å²) in [4.78, 5) is 0. The molecule has 0 atom stereocenters. The first-order chi connectivity index (χ1) is 7.69. The lowest BCUT2D eigenvalue weighted by molar-refractivity contribution is 0.269. The van der Waals surface area contributed by atoms with Gasteiger partial charge in [-0.25, -0.2) is 0 Å². The third kappa shape index (κ3) is 1.90. The van der Waals surface area contributed by atoms with Gasteiger partial charge in [0.25, 0.3) is 0 Å². The van der Waals surface area contributed by atoms with Gasteiger partial charge in [0.05, 0.1) is 5.88 Å². The van der Waals surface area contributed by atoms with E-state index in [0.29, 0.717) is 11.7 Å². The highest BCUT2D eigenvalue weighted by atomic mass is 79.9. The van der Waals surface area contributed by atoms with Crippen LogP contribution in [0.3, 0.4) is 0 Å². The zero-order chi connectivity index (χ0) is 11.7. The van der Waals surface area contributed by atoms with E-state index in [2.05, 4.69) is 26.1 Å². The Morgan fingerprint density at radius 1 is 1.56 bits per heavy atom. The summed E-state index contributed by atoms with van der Waals surface area (Å²) in [5.41, 5.74) is 0.990. The fraction of sp³-hybridized carbons (Fsp3) is 0.333. The van der Waals surface area contributed by atoms with Gasteiger partial charge in [-0.05, 0) is 22.9 Å². The third-order valence-corrected chi connectivity index (χ3v) is 4.47. The standard InChI is InChI=1S/C9H9BrClN3OS/c1-5-12-13-8(3-15)14(5)9-6(2-11)7(10)4-16-9/h4,15H,2-3H2,1H3. The van der Waals surface area contributed by atoms with Crippen molar-refractivity contribution in [1.29, 1.82) is 0 Å². The van der Waals surface area contributed by atoms with Crippen molar-refractivity contribution in [2.75, 3.05) is 0 Å². The van der Waals surface area contributed by atoms with Crippen LogP contribution >= 0.6 is 38.9 Å². The number of aliphatic hydroxyl groups is 1. The van der Waals surface area contributed by atoms with Crippen LogP contribution in [-0.2, 0) is 12.5 Å². The molecular formula is C9H9BrClN3OS. The van der Waals surface area contributed by atoms with Crippen LogP contribution in [0.5, 0.6) is 0 Å². The normalized spacial score (nSPS) is 11.0. The van der Waals surface area contributed by atoms with E-state index in [1.807, 2.05) is 16.9 Å². The summed E-state index contributed by atoms with van der Waals surface area (Å²) in [6.45, 7) is 1.70. The first kappa shape index (κ1) is 12.0. The number of nitrogens with zero attached hydrogens (tertiary/aromatic N) is 3. The Morgan fingerprint density at radius 2 is 2.31 bits per heavy atom. The van der Waals surface area contributed by atoms with Crippen molar-refractivity contribution in [2.24, 2.45) is 0 Å². The third-order valence-electron chi connectivity index (χ3n) is 2.19. The first-order valence-electron chi connectivity index (χ1n) is 4.53. The lowest BCUT2D eigenvalue weighted by atomic mass is 10.3. The van der Waals surface area contributed by atoms with Gasteiger partial charge in [-0.1, -0.05) is 0 Å². The first-order valence-corrected chi connectivity index (χ1v) is 6.73. The van der Waals surface area contributed by atoms with E-state index in [0.717, 1.165) is 20.9 Å². The number of aromatic nitrogens is 3. The van der Waals surface area contributed by atoms with Gasteiger partial charge in [-0.2, -0.15) is 0 Å². The second-order valence-corrected chi connectivity index (χ2v) is 5.14. The molecule has 2 rings (SSSR count). The van der Waals surface area contributed by atoms with Gasteiger partial charge in [0.1, 0.15) is 17.4 Å². The summed E-state index contributed by atoms with van der Waals surface area (Å²) in [7, 11) is 0. The van der Waals surface area contributed by atoms with Crippen molar-refractivity contribution in [3.05, 3.63) is 27.1 Å². The van der Waals surface area contributed by atoms with Gasteiger partial charge >= 0.3 is 0 Å². The highest BCUT2D eigenvalue weighted by Crippen LogP contribution is 2.33. The maximum Gasteiger partial charge on any atom is 0.164 e. The van der Waals surface area contributed by atoms with Crippen LogP contribution < -0.4 is 0 Å². The van der Waals surface area contributed by atoms with Crippen LogP contribution in [0.1, 0.15) is 17.2 Å². The molecule has 2 aromatic rings. The monoisotopic (exact) mass is 321 g/mol. The average molecular weight is 323 g/mol. The van der Waals surface area contributed by atoms with Crippen LogP contribution in [0.4, 0.5) is 0 Å². The van der Waals surface area contributed by atoms with Crippen molar-refractivity contribution in [3.8, 4) is 5.00 Å². The van der Waals surface area contributed by atoms with Gasteiger partial charge in [0.2, 0.25) is 0 Å². The lowest BCUT2D eigenvalue weighted by Crippen LogP contribution is -2.03. The predicted molar refractivity (Wildman–Crippen MR) is 67.2 cm³/mol. The number of halogens is 2. The molecule has 0 aliphatic rings. The molecule has 2 heterocycles. The molecule has 0 spiro atoms. The molecule has 0 bridgehead atoms. The minimum Gasteiger partial charge on any atom is -0.388 e. The van der Waals surface area contributed by atoms with E-state index in [9.17, 15) is 5.11 Å². The van der Waals surface area contributed by atoms with E-state index < -0.39 is 0 Å². The summed E-state index contributed by atoms with van der Waals surface area (Å²) in [6.07, 6.45) is 0. The quantitative estimate of drug-likeness (QED) is 0.884. The summed E-state index contributed by atoms with van der Waals surface area (Å²) < 4.78 is 2.80. The molecule has 4 nitrogen and oxygen atoms in total. The van der Waals surface area contributed by atoms with Crippen molar-refractivity contribution in [2.45, 2.75) is 19.4 Å². The van der Waals surface area contributed by atoms with Gasteiger partial charge in [0, 0.05) is 15.4 Å². The molecule has 0 aliphatic heterocycles. The molecule has 0 radical (unpaired) electrons. The largest absolute Gasteiger partial charge is 0.388 e. The van der Waals surface area contributed by atoms with E-state index in [1.54, 1.807) is 11.3 Å². The fourth-order valence-corrected chi connectivity index (χ4v) is 3.71. The number of thiophene rings is 1. The molecule has 86 valence electrons. The molecule has 16 heavy (non-hydrogen) atoms. The van der Waals surface area contributed by atoms with E-state index in [1.165, 1.54) is 0 Å². The summed E-state index contributed by atoms with van der Waals surface area (Å²) in [5.74, 6) is 1.67. The van der Waals surface area contributed by atoms with Crippen LogP contribution in [0.15, 0.2) is 9.85 Å². The molecule has 7 heteroatoms. The van der Waals surface area contributed by atoms with E-state index in [-0.39, 0.29) is 6.61 Å². The van der Waals surface area contributed by atoms with E-state index >= 15 is 0 Å². The number of rotatable bonds is 3. The number of aryl methyl sites for hydroxylation is 1. The SMILES string of the molecule is Cc1nnc(CO)n1-c1scc(Br)c1CCl. The topological polar surface area (TPSA) is 50.9 Å². The average Bonchev–Trinajstić information content (AvgIpc) is 2.81. The zero-order valence-electron chi connectivity index (χ0n) is 8.44. The molecule has 0 amide bonds.